The summed E-state index contributed by atoms with van der Waals surface area (Å²) in [5, 5.41) is 16.8. The fourth-order valence-electron chi connectivity index (χ4n) is 3.77. The molecule has 31 heavy (non-hydrogen) atoms. The van der Waals surface area contributed by atoms with Crippen molar-refractivity contribution in [3.05, 3.63) is 75.7 Å². The van der Waals surface area contributed by atoms with Crippen LogP contribution in [0.1, 0.15) is 26.5 Å². The molecule has 156 valence electrons. The van der Waals surface area contributed by atoms with E-state index in [0.29, 0.717) is 32.7 Å². The van der Waals surface area contributed by atoms with Gasteiger partial charge in [0.2, 0.25) is 0 Å². The van der Waals surface area contributed by atoms with Crippen LogP contribution in [0.15, 0.2) is 54.0 Å². The Morgan fingerprint density at radius 3 is 2.94 bits per heavy atom. The Hall–Kier alpha value is -3.76. The summed E-state index contributed by atoms with van der Waals surface area (Å²) >= 11 is 1.41. The average molecular weight is 435 g/mol. The van der Waals surface area contributed by atoms with Gasteiger partial charge in [0.25, 0.3) is 5.91 Å². The Balaban J connectivity index is 1.62. The molecule has 10 heteroatoms. The summed E-state index contributed by atoms with van der Waals surface area (Å²) in [6.45, 7) is 0.160. The van der Waals surface area contributed by atoms with Gasteiger partial charge in [-0.25, -0.2) is 9.78 Å². The Labute approximate surface area is 180 Å². The molecule has 0 spiro atoms. The normalized spacial score (nSPS) is 17.7. The van der Waals surface area contributed by atoms with Crippen molar-refractivity contribution in [1.82, 2.24) is 25.2 Å². The molecule has 0 saturated carbocycles. The number of amides is 2. The summed E-state index contributed by atoms with van der Waals surface area (Å²) in [6, 6.07) is 12.1. The van der Waals surface area contributed by atoms with Crippen LogP contribution in [0.2, 0.25) is 0 Å². The van der Waals surface area contributed by atoms with Gasteiger partial charge in [0, 0.05) is 35.3 Å². The molecule has 0 saturated heterocycles. The topological polar surface area (TPSA) is 120 Å². The first-order valence-electron chi connectivity index (χ1n) is 9.42. The number of benzene rings is 2. The minimum atomic E-state index is -1.69. The van der Waals surface area contributed by atoms with Crippen molar-refractivity contribution in [2.75, 3.05) is 7.05 Å². The number of ether oxygens (including phenoxy) is 1. The number of aromatic amines is 1. The van der Waals surface area contributed by atoms with Crippen LogP contribution in [0.4, 0.5) is 4.79 Å². The Bertz CT molecular complexity index is 1300. The van der Waals surface area contributed by atoms with Crippen molar-refractivity contribution in [3.8, 4) is 6.01 Å². The van der Waals surface area contributed by atoms with Gasteiger partial charge in [0.05, 0.1) is 17.6 Å². The van der Waals surface area contributed by atoms with Crippen LogP contribution < -0.4 is 10.1 Å². The molecule has 3 N–H and O–H groups in total. The number of thiazole rings is 1. The predicted octanol–water partition coefficient (Wildman–Crippen LogP) is 2.59. The molecule has 3 heterocycles. The van der Waals surface area contributed by atoms with Crippen LogP contribution >= 0.6 is 11.3 Å². The molecule has 1 aliphatic rings. The lowest BCUT2D eigenvalue weighted by Gasteiger charge is -2.34. The van der Waals surface area contributed by atoms with E-state index in [9.17, 15) is 14.7 Å². The lowest BCUT2D eigenvalue weighted by Crippen LogP contribution is -2.44. The van der Waals surface area contributed by atoms with Crippen LogP contribution in [0.5, 0.6) is 6.01 Å². The largest absolute Gasteiger partial charge is 0.414 e. The number of carbonyl (C=O) groups excluding carboxylic acids is 2. The van der Waals surface area contributed by atoms with E-state index in [4.69, 9.17) is 4.74 Å². The fraction of sp³-hybridized carbons (Fsp3) is 0.143. The highest BCUT2D eigenvalue weighted by molar-refractivity contribution is 7.09. The smallest absolute Gasteiger partial charge is 0.375 e. The number of imidazole rings is 1. The molecule has 1 atom stereocenters. The Morgan fingerprint density at radius 2 is 2.16 bits per heavy atom. The molecule has 1 aliphatic heterocycles. The summed E-state index contributed by atoms with van der Waals surface area (Å²) in [5.41, 5.74) is 0.823. The number of hydrogen-bond donors (Lipinski definition) is 3. The van der Waals surface area contributed by atoms with Gasteiger partial charge in [-0.05, 0) is 18.2 Å². The first kappa shape index (κ1) is 19.2. The molecule has 0 fully saturated rings. The van der Waals surface area contributed by atoms with Gasteiger partial charge >= 0.3 is 12.1 Å². The molecular weight excluding hydrogens is 418 g/mol. The van der Waals surface area contributed by atoms with Gasteiger partial charge in [0.15, 0.2) is 5.72 Å². The van der Waals surface area contributed by atoms with Gasteiger partial charge in [-0.3, -0.25) is 9.69 Å². The van der Waals surface area contributed by atoms with E-state index in [0.717, 1.165) is 0 Å². The minimum absolute atomic E-state index is 0.0287. The Kier molecular flexibility index (Phi) is 4.45. The summed E-state index contributed by atoms with van der Waals surface area (Å²) in [6.07, 6.45) is 1.01. The van der Waals surface area contributed by atoms with E-state index in [1.165, 1.54) is 23.3 Å². The van der Waals surface area contributed by atoms with Crippen LogP contribution in [0.3, 0.4) is 0 Å². The second-order valence-corrected chi connectivity index (χ2v) is 7.93. The monoisotopic (exact) mass is 435 g/mol. The average Bonchev–Trinajstić information content (AvgIpc) is 3.49. The highest BCUT2D eigenvalue weighted by Gasteiger charge is 2.50. The van der Waals surface area contributed by atoms with E-state index < -0.39 is 11.8 Å². The van der Waals surface area contributed by atoms with Gasteiger partial charge < -0.3 is 20.1 Å². The van der Waals surface area contributed by atoms with E-state index in [1.807, 2.05) is 5.38 Å². The number of hydrogen-bond acceptors (Lipinski definition) is 7. The Morgan fingerprint density at radius 1 is 1.32 bits per heavy atom. The fourth-order valence-corrected chi connectivity index (χ4v) is 4.37. The third kappa shape index (κ3) is 3.04. The van der Waals surface area contributed by atoms with Gasteiger partial charge in [0.1, 0.15) is 5.01 Å². The molecule has 2 amide bonds. The van der Waals surface area contributed by atoms with Crippen molar-refractivity contribution in [1.29, 1.82) is 0 Å². The van der Waals surface area contributed by atoms with Crippen LogP contribution in [-0.2, 0) is 12.3 Å². The molecule has 2 aromatic carbocycles. The highest BCUT2D eigenvalue weighted by Crippen LogP contribution is 2.43. The molecule has 5 rings (SSSR count). The standard InChI is InChI=1S/C21H17N5O4S/c1-22-20(28)30-19-24-15-7-6-12(10-16(15)25-19)21(29)14-5-3-2-4-13(14)18(27)26(21)11-17-23-8-9-31-17/h2-10,29H,11H2,1H3,(H,22,28)(H,24,25). The zero-order valence-electron chi connectivity index (χ0n) is 16.3. The zero-order valence-corrected chi connectivity index (χ0v) is 17.1. The van der Waals surface area contributed by atoms with E-state index in [1.54, 1.807) is 48.7 Å². The van der Waals surface area contributed by atoms with Crippen LogP contribution in [0.25, 0.3) is 11.0 Å². The number of fused-ring (bicyclic) bond motifs is 2. The van der Waals surface area contributed by atoms with Crippen LogP contribution in [0, 0.1) is 0 Å². The van der Waals surface area contributed by atoms with Crippen LogP contribution in [-0.4, -0.2) is 44.0 Å². The zero-order chi connectivity index (χ0) is 21.6. The molecule has 4 aromatic rings. The van der Waals surface area contributed by atoms with Gasteiger partial charge in [-0.1, -0.05) is 24.3 Å². The number of nitrogens with zero attached hydrogens (tertiary/aromatic N) is 3. The van der Waals surface area contributed by atoms with E-state index in [2.05, 4.69) is 20.3 Å². The quantitative estimate of drug-likeness (QED) is 0.453. The maximum Gasteiger partial charge on any atom is 0.414 e. The molecule has 1 unspecified atom stereocenters. The number of rotatable bonds is 4. The molecule has 0 aliphatic carbocycles. The second kappa shape index (κ2) is 7.18. The van der Waals surface area contributed by atoms with Crippen molar-refractivity contribution >= 4 is 34.4 Å². The lowest BCUT2D eigenvalue weighted by atomic mass is 9.93. The number of aliphatic hydroxyl groups is 1. The molecule has 2 aromatic heterocycles. The summed E-state index contributed by atoms with van der Waals surface area (Å²) in [4.78, 5) is 37.5. The number of carbonyl (C=O) groups is 2. The van der Waals surface area contributed by atoms with Crippen molar-refractivity contribution in [3.63, 3.8) is 0 Å². The summed E-state index contributed by atoms with van der Waals surface area (Å²) in [7, 11) is 1.45. The third-order valence-electron chi connectivity index (χ3n) is 5.20. The van der Waals surface area contributed by atoms with Crippen molar-refractivity contribution in [2.24, 2.45) is 0 Å². The molecule has 0 bridgehead atoms. The van der Waals surface area contributed by atoms with Gasteiger partial charge in [-0.2, -0.15) is 4.98 Å². The number of H-pyrrole nitrogens is 1. The second-order valence-electron chi connectivity index (χ2n) is 6.95. The molecular formula is C21H17N5O4S. The predicted molar refractivity (Wildman–Crippen MR) is 113 cm³/mol. The van der Waals surface area contributed by atoms with Gasteiger partial charge in [-0.15, -0.1) is 11.3 Å². The third-order valence-corrected chi connectivity index (χ3v) is 5.97. The molecule has 9 nitrogen and oxygen atoms in total. The summed E-state index contributed by atoms with van der Waals surface area (Å²) in [5.74, 6) is -0.276. The number of aromatic nitrogens is 3. The maximum atomic E-state index is 13.2. The summed E-state index contributed by atoms with van der Waals surface area (Å²) < 4.78 is 5.05. The van der Waals surface area contributed by atoms with Crippen molar-refractivity contribution in [2.45, 2.75) is 12.3 Å². The first-order chi connectivity index (χ1) is 15.0. The molecule has 0 radical (unpaired) electrons. The SMILES string of the molecule is CNC(=O)Oc1nc2ccc(C3(O)c4ccccc4C(=O)N3Cc3nccs3)cc2[nH]1. The van der Waals surface area contributed by atoms with E-state index in [-0.39, 0.29) is 18.5 Å². The number of nitrogens with one attached hydrogen (secondary N) is 2. The highest BCUT2D eigenvalue weighted by atomic mass is 32.1. The lowest BCUT2D eigenvalue weighted by molar-refractivity contribution is -0.0542. The maximum absolute atomic E-state index is 13.2. The van der Waals surface area contributed by atoms with Crippen molar-refractivity contribution < 1.29 is 19.4 Å². The minimum Gasteiger partial charge on any atom is -0.375 e. The van der Waals surface area contributed by atoms with E-state index >= 15 is 0 Å². The first-order valence-corrected chi connectivity index (χ1v) is 10.3.